The number of ether oxygens (including phenoxy) is 1. The molecular weight excluding hydrogens is 431 g/mol. The fourth-order valence-electron chi connectivity index (χ4n) is 2.69. The summed E-state index contributed by atoms with van der Waals surface area (Å²) in [6.07, 6.45) is 0. The number of carbonyl (C=O) groups is 2. The maximum atomic E-state index is 12.9. The lowest BCUT2D eigenvalue weighted by molar-refractivity contribution is -0.138. The van der Waals surface area contributed by atoms with E-state index in [1.165, 1.54) is 11.8 Å². The number of hydrogen-bond donors (Lipinski definition) is 1. The molecule has 8 heteroatoms. The third kappa shape index (κ3) is 6.84. The van der Waals surface area contributed by atoms with E-state index >= 15 is 0 Å². The van der Waals surface area contributed by atoms with Gasteiger partial charge in [-0.15, -0.1) is 11.8 Å². The van der Waals surface area contributed by atoms with E-state index in [1.54, 1.807) is 44.2 Å². The number of halogens is 2. The average molecular weight is 455 g/mol. The van der Waals surface area contributed by atoms with Crippen molar-refractivity contribution in [3.8, 4) is 5.75 Å². The number of hydrogen-bond acceptors (Lipinski definition) is 4. The normalized spacial score (nSPS) is 11.6. The van der Waals surface area contributed by atoms with Gasteiger partial charge in [-0.3, -0.25) is 9.59 Å². The first-order valence-corrected chi connectivity index (χ1v) is 10.9. The van der Waals surface area contributed by atoms with Crippen LogP contribution in [0.25, 0.3) is 0 Å². The fraction of sp³-hybridized carbons (Fsp3) is 0.333. The molecule has 1 N–H and O–H groups in total. The van der Waals surface area contributed by atoms with Crippen molar-refractivity contribution in [1.82, 2.24) is 10.2 Å². The van der Waals surface area contributed by atoms with Crippen molar-refractivity contribution in [2.24, 2.45) is 0 Å². The summed E-state index contributed by atoms with van der Waals surface area (Å²) in [7, 11) is 3.18. The Balaban J connectivity index is 2.04. The van der Waals surface area contributed by atoms with Gasteiger partial charge < -0.3 is 15.0 Å². The van der Waals surface area contributed by atoms with Gasteiger partial charge in [-0.25, -0.2) is 0 Å². The molecule has 0 aliphatic carbocycles. The molecule has 5 nitrogen and oxygen atoms in total. The lowest BCUT2D eigenvalue weighted by Gasteiger charge is -2.28. The number of methoxy groups -OCH3 is 1. The number of carbonyl (C=O) groups excluding carboxylic acids is 2. The van der Waals surface area contributed by atoms with Crippen LogP contribution in [-0.4, -0.2) is 42.7 Å². The van der Waals surface area contributed by atoms with Crippen LogP contribution in [0.2, 0.25) is 10.0 Å². The van der Waals surface area contributed by atoms with Gasteiger partial charge in [0.25, 0.3) is 0 Å². The summed E-state index contributed by atoms with van der Waals surface area (Å²) < 4.78 is 5.15. The second kappa shape index (κ2) is 11.3. The first-order chi connectivity index (χ1) is 13.8. The molecule has 0 saturated heterocycles. The van der Waals surface area contributed by atoms with Crippen molar-refractivity contribution >= 4 is 46.8 Å². The maximum absolute atomic E-state index is 12.9. The van der Waals surface area contributed by atoms with Gasteiger partial charge in [-0.05, 0) is 42.3 Å². The Bertz CT molecular complexity index is 846. The SMILES string of the molecule is CNC(=O)[C@H](C)N(Cc1ccc(Cl)c(Cl)c1)C(=O)CSCc1ccc(OC)cc1. The van der Waals surface area contributed by atoms with Crippen LogP contribution in [0.1, 0.15) is 18.1 Å². The standard InChI is InChI=1S/C21H24Cl2N2O3S/c1-14(21(27)24-2)25(11-16-6-9-18(22)19(23)10-16)20(26)13-29-12-15-4-7-17(28-3)8-5-15/h4-10,14H,11-13H2,1-3H3,(H,24,27)/t14-/m0/s1. The van der Waals surface area contributed by atoms with Crippen LogP contribution in [-0.2, 0) is 21.9 Å². The summed E-state index contributed by atoms with van der Waals surface area (Å²) in [5, 5.41) is 3.46. The fourth-order valence-corrected chi connectivity index (χ4v) is 3.88. The molecule has 1 atom stereocenters. The number of benzene rings is 2. The predicted molar refractivity (Wildman–Crippen MR) is 120 cm³/mol. The Morgan fingerprint density at radius 1 is 1.10 bits per heavy atom. The Hall–Kier alpha value is -1.89. The molecule has 0 bridgehead atoms. The van der Waals surface area contributed by atoms with Crippen LogP contribution in [0, 0.1) is 0 Å². The smallest absolute Gasteiger partial charge is 0.242 e. The number of thioether (sulfide) groups is 1. The van der Waals surface area contributed by atoms with Crippen molar-refractivity contribution in [2.45, 2.75) is 25.3 Å². The molecular formula is C21H24Cl2N2O3S. The van der Waals surface area contributed by atoms with Crippen molar-refractivity contribution in [3.05, 3.63) is 63.6 Å². The van der Waals surface area contributed by atoms with Crippen LogP contribution in [0.3, 0.4) is 0 Å². The van der Waals surface area contributed by atoms with Crippen molar-refractivity contribution in [1.29, 1.82) is 0 Å². The minimum atomic E-state index is -0.608. The highest BCUT2D eigenvalue weighted by atomic mass is 35.5. The molecule has 0 fully saturated rings. The highest BCUT2D eigenvalue weighted by Gasteiger charge is 2.25. The van der Waals surface area contributed by atoms with Crippen LogP contribution >= 0.6 is 35.0 Å². The van der Waals surface area contributed by atoms with E-state index < -0.39 is 6.04 Å². The number of amides is 2. The summed E-state index contributed by atoms with van der Waals surface area (Å²) >= 11 is 13.6. The lowest BCUT2D eigenvalue weighted by atomic mass is 10.1. The van der Waals surface area contributed by atoms with E-state index in [-0.39, 0.29) is 24.1 Å². The summed E-state index contributed by atoms with van der Waals surface area (Å²) in [5.74, 6) is 1.39. The van der Waals surface area contributed by atoms with Gasteiger partial charge >= 0.3 is 0 Å². The maximum Gasteiger partial charge on any atom is 0.242 e. The zero-order chi connectivity index (χ0) is 21.4. The van der Waals surface area contributed by atoms with Crippen molar-refractivity contribution in [2.75, 3.05) is 19.9 Å². The molecule has 0 radical (unpaired) electrons. The quantitative estimate of drug-likeness (QED) is 0.609. The monoisotopic (exact) mass is 454 g/mol. The minimum absolute atomic E-state index is 0.120. The van der Waals surface area contributed by atoms with Crippen molar-refractivity contribution in [3.63, 3.8) is 0 Å². The zero-order valence-electron chi connectivity index (χ0n) is 16.6. The lowest BCUT2D eigenvalue weighted by Crippen LogP contribution is -2.47. The first kappa shape index (κ1) is 23.4. The summed E-state index contributed by atoms with van der Waals surface area (Å²) in [5.41, 5.74) is 1.91. The van der Waals surface area contributed by atoms with Crippen LogP contribution in [0.15, 0.2) is 42.5 Å². The minimum Gasteiger partial charge on any atom is -0.497 e. The summed E-state index contributed by atoms with van der Waals surface area (Å²) in [6.45, 7) is 1.98. The molecule has 0 unspecified atom stereocenters. The van der Waals surface area contributed by atoms with Crippen LogP contribution in [0.4, 0.5) is 0 Å². The molecule has 156 valence electrons. The Labute approximate surface area is 185 Å². The molecule has 2 aromatic rings. The van der Waals surface area contributed by atoms with E-state index in [2.05, 4.69) is 5.32 Å². The van der Waals surface area contributed by atoms with Gasteiger partial charge in [0.2, 0.25) is 11.8 Å². The number of nitrogens with one attached hydrogen (secondary N) is 1. The van der Waals surface area contributed by atoms with E-state index in [4.69, 9.17) is 27.9 Å². The molecule has 0 aromatic heterocycles. The summed E-state index contributed by atoms with van der Waals surface area (Å²) in [4.78, 5) is 26.6. The highest BCUT2D eigenvalue weighted by molar-refractivity contribution is 7.99. The van der Waals surface area contributed by atoms with Gasteiger partial charge in [0.15, 0.2) is 0 Å². The van der Waals surface area contributed by atoms with Crippen molar-refractivity contribution < 1.29 is 14.3 Å². The first-order valence-electron chi connectivity index (χ1n) is 9.01. The van der Waals surface area contributed by atoms with E-state index in [0.29, 0.717) is 15.8 Å². The zero-order valence-corrected chi connectivity index (χ0v) is 18.9. The van der Waals surface area contributed by atoms with Gasteiger partial charge in [0.05, 0.1) is 22.9 Å². The third-order valence-corrected chi connectivity index (χ3v) is 6.13. The highest BCUT2D eigenvalue weighted by Crippen LogP contribution is 2.24. The van der Waals surface area contributed by atoms with Gasteiger partial charge in [0.1, 0.15) is 11.8 Å². The Morgan fingerprint density at radius 3 is 2.34 bits per heavy atom. The van der Waals surface area contributed by atoms with E-state index in [0.717, 1.165) is 16.9 Å². The Morgan fingerprint density at radius 2 is 1.76 bits per heavy atom. The number of rotatable bonds is 9. The van der Waals surface area contributed by atoms with Gasteiger partial charge in [-0.2, -0.15) is 0 Å². The largest absolute Gasteiger partial charge is 0.497 e. The summed E-state index contributed by atoms with van der Waals surface area (Å²) in [6, 6.07) is 12.3. The molecule has 2 aromatic carbocycles. The second-order valence-electron chi connectivity index (χ2n) is 6.40. The van der Waals surface area contributed by atoms with Gasteiger partial charge in [0, 0.05) is 19.3 Å². The van der Waals surface area contributed by atoms with Gasteiger partial charge in [-0.1, -0.05) is 41.4 Å². The third-order valence-electron chi connectivity index (χ3n) is 4.40. The molecule has 0 aliphatic rings. The Kier molecular flexibility index (Phi) is 9.14. The second-order valence-corrected chi connectivity index (χ2v) is 8.20. The molecule has 0 saturated carbocycles. The molecule has 2 amide bonds. The number of likely N-dealkylation sites (N-methyl/N-ethyl adjacent to an activating group) is 1. The topological polar surface area (TPSA) is 58.6 Å². The molecule has 0 heterocycles. The average Bonchev–Trinajstić information content (AvgIpc) is 2.73. The molecule has 2 rings (SSSR count). The van der Waals surface area contributed by atoms with E-state index in [1.807, 2.05) is 24.3 Å². The number of nitrogens with zero attached hydrogens (tertiary/aromatic N) is 1. The van der Waals surface area contributed by atoms with Crippen LogP contribution < -0.4 is 10.1 Å². The predicted octanol–water partition coefficient (Wildman–Crippen LogP) is 4.40. The molecule has 29 heavy (non-hydrogen) atoms. The van der Waals surface area contributed by atoms with Crippen LogP contribution in [0.5, 0.6) is 5.75 Å². The van der Waals surface area contributed by atoms with E-state index in [9.17, 15) is 9.59 Å². The molecule has 0 spiro atoms. The molecule has 0 aliphatic heterocycles.